The highest BCUT2D eigenvalue weighted by atomic mass is 32.2. The van der Waals surface area contributed by atoms with Gasteiger partial charge in [-0.25, -0.2) is 4.39 Å². The van der Waals surface area contributed by atoms with Crippen molar-refractivity contribution in [2.75, 3.05) is 6.61 Å². The van der Waals surface area contributed by atoms with Gasteiger partial charge >= 0.3 is 0 Å². The molecule has 2 aromatic carbocycles. The van der Waals surface area contributed by atoms with Crippen LogP contribution in [0.25, 0.3) is 10.9 Å². The summed E-state index contributed by atoms with van der Waals surface area (Å²) in [6.07, 6.45) is -4.92. The maximum atomic E-state index is 14.2. The van der Waals surface area contributed by atoms with Gasteiger partial charge in [0.05, 0.1) is 12.1 Å². The third-order valence-electron chi connectivity index (χ3n) is 5.25. The van der Waals surface area contributed by atoms with Crippen LogP contribution in [0.3, 0.4) is 0 Å². The molecule has 9 heteroatoms. The highest BCUT2D eigenvalue weighted by Gasteiger charge is 2.44. The second kappa shape index (κ2) is 8.18. The number of nitrogens with zero attached hydrogens (tertiary/aromatic N) is 1. The SMILES string of the molecule is Cc1cc(F)cc2c(Sc3ccc(O)cc3)cn([C@@H]3O[C@H](CO)[C@@H](O)[C@H](O)[C@H]3O)c12. The number of phenolic OH excluding ortho intramolecular Hbond substituents is 1. The van der Waals surface area contributed by atoms with Crippen molar-refractivity contribution < 1.29 is 34.7 Å². The Morgan fingerprint density at radius 2 is 1.77 bits per heavy atom. The van der Waals surface area contributed by atoms with Crippen molar-refractivity contribution in [3.63, 3.8) is 0 Å². The van der Waals surface area contributed by atoms with E-state index in [0.29, 0.717) is 21.4 Å². The van der Waals surface area contributed by atoms with Crippen LogP contribution in [0.4, 0.5) is 4.39 Å². The number of hydrogen-bond donors (Lipinski definition) is 5. The number of aromatic nitrogens is 1. The summed E-state index contributed by atoms with van der Waals surface area (Å²) in [5.74, 6) is -0.288. The molecule has 160 valence electrons. The standard InChI is InChI=1S/C21H22FNO6S/c1-10-6-11(22)7-14-16(30-13-4-2-12(25)3-5-13)8-23(17(10)14)21-20(28)19(27)18(26)15(9-24)29-21/h2-8,15,18-21,24-28H,9H2,1H3/t15-,18-,19+,20-,21-/m1/s1. The lowest BCUT2D eigenvalue weighted by atomic mass is 9.98. The van der Waals surface area contributed by atoms with Crippen LogP contribution in [-0.2, 0) is 4.74 Å². The summed E-state index contributed by atoms with van der Waals surface area (Å²) in [6.45, 7) is 1.18. The lowest BCUT2D eigenvalue weighted by molar-refractivity contribution is -0.250. The minimum absolute atomic E-state index is 0.130. The number of aliphatic hydroxyl groups excluding tert-OH is 4. The van der Waals surface area contributed by atoms with Crippen molar-refractivity contribution in [3.8, 4) is 5.75 Å². The summed E-state index contributed by atoms with van der Waals surface area (Å²) in [7, 11) is 0. The van der Waals surface area contributed by atoms with Gasteiger partial charge in [0.25, 0.3) is 0 Å². The molecule has 3 aromatic rings. The normalized spacial score (nSPS) is 26.9. The fourth-order valence-corrected chi connectivity index (χ4v) is 4.72. The van der Waals surface area contributed by atoms with Crippen molar-refractivity contribution in [1.29, 1.82) is 0 Å². The van der Waals surface area contributed by atoms with E-state index in [9.17, 15) is 29.9 Å². The first-order valence-corrected chi connectivity index (χ1v) is 10.2. The van der Waals surface area contributed by atoms with Crippen molar-refractivity contribution in [2.45, 2.75) is 47.4 Å². The summed E-state index contributed by atoms with van der Waals surface area (Å²) < 4.78 is 21.5. The largest absolute Gasteiger partial charge is 0.508 e. The Morgan fingerprint density at radius 3 is 2.43 bits per heavy atom. The van der Waals surface area contributed by atoms with E-state index in [1.165, 1.54) is 23.9 Å². The van der Waals surface area contributed by atoms with E-state index in [0.717, 1.165) is 4.90 Å². The van der Waals surface area contributed by atoms with Gasteiger partial charge in [-0.15, -0.1) is 0 Å². The van der Waals surface area contributed by atoms with E-state index in [1.807, 2.05) is 0 Å². The highest BCUT2D eigenvalue weighted by Crippen LogP contribution is 2.40. The summed E-state index contributed by atoms with van der Waals surface area (Å²) in [5, 5.41) is 50.4. The van der Waals surface area contributed by atoms with Crippen LogP contribution >= 0.6 is 11.8 Å². The minimum atomic E-state index is -1.52. The number of benzene rings is 2. The molecule has 5 atom stereocenters. The smallest absolute Gasteiger partial charge is 0.163 e. The van der Waals surface area contributed by atoms with Gasteiger partial charge in [0.2, 0.25) is 0 Å². The Labute approximate surface area is 176 Å². The average molecular weight is 435 g/mol. The zero-order chi connectivity index (χ0) is 21.6. The van der Waals surface area contributed by atoms with Gasteiger partial charge in [-0.2, -0.15) is 0 Å². The fourth-order valence-electron chi connectivity index (χ4n) is 3.76. The van der Waals surface area contributed by atoms with Crippen molar-refractivity contribution in [3.05, 3.63) is 54.0 Å². The van der Waals surface area contributed by atoms with Gasteiger partial charge in [-0.3, -0.25) is 0 Å². The van der Waals surface area contributed by atoms with E-state index in [1.54, 1.807) is 42.0 Å². The quantitative estimate of drug-likeness (QED) is 0.425. The number of aromatic hydroxyl groups is 1. The summed E-state index contributed by atoms with van der Waals surface area (Å²) in [4.78, 5) is 1.48. The lowest BCUT2D eigenvalue weighted by Crippen LogP contribution is -2.56. The zero-order valence-electron chi connectivity index (χ0n) is 16.0. The first-order chi connectivity index (χ1) is 14.3. The van der Waals surface area contributed by atoms with Crippen molar-refractivity contribution in [1.82, 2.24) is 4.57 Å². The molecule has 30 heavy (non-hydrogen) atoms. The first kappa shape index (κ1) is 21.1. The van der Waals surface area contributed by atoms with Crippen LogP contribution in [0.2, 0.25) is 0 Å². The number of aryl methyl sites for hydroxylation is 1. The van der Waals surface area contributed by atoms with Gasteiger partial charge in [0, 0.05) is 21.4 Å². The Kier molecular flexibility index (Phi) is 5.75. The van der Waals surface area contributed by atoms with Crippen LogP contribution in [-0.4, -0.2) is 61.1 Å². The molecule has 1 aliphatic rings. The molecular formula is C21H22FNO6S. The molecule has 1 saturated heterocycles. The molecule has 2 heterocycles. The molecule has 1 aromatic heterocycles. The maximum absolute atomic E-state index is 14.2. The lowest BCUT2D eigenvalue weighted by Gasteiger charge is -2.40. The molecule has 0 spiro atoms. The molecule has 0 unspecified atom stereocenters. The zero-order valence-corrected chi connectivity index (χ0v) is 16.8. The topological polar surface area (TPSA) is 115 Å². The van der Waals surface area contributed by atoms with E-state index in [-0.39, 0.29) is 5.75 Å². The molecule has 5 N–H and O–H groups in total. The summed E-state index contributed by atoms with van der Waals surface area (Å²) >= 11 is 1.34. The molecule has 0 aliphatic carbocycles. The molecule has 0 bridgehead atoms. The first-order valence-electron chi connectivity index (χ1n) is 9.38. The molecule has 7 nitrogen and oxygen atoms in total. The molecule has 4 rings (SSSR count). The number of fused-ring (bicyclic) bond motifs is 1. The minimum Gasteiger partial charge on any atom is -0.508 e. The number of ether oxygens (including phenoxy) is 1. The second-order valence-corrected chi connectivity index (χ2v) is 8.45. The predicted molar refractivity (Wildman–Crippen MR) is 108 cm³/mol. The Bertz CT molecular complexity index is 1050. The maximum Gasteiger partial charge on any atom is 0.163 e. The average Bonchev–Trinajstić information content (AvgIpc) is 3.06. The number of phenols is 1. The summed E-state index contributed by atoms with van der Waals surface area (Å²) in [5.41, 5.74) is 1.20. The molecular weight excluding hydrogens is 413 g/mol. The number of halogens is 1. The summed E-state index contributed by atoms with van der Waals surface area (Å²) in [6, 6.07) is 9.28. The number of hydrogen-bond acceptors (Lipinski definition) is 7. The molecule has 0 amide bonds. The third-order valence-corrected chi connectivity index (χ3v) is 6.30. The van der Waals surface area contributed by atoms with E-state index < -0.39 is 43.1 Å². The van der Waals surface area contributed by atoms with E-state index in [2.05, 4.69) is 0 Å². The van der Waals surface area contributed by atoms with E-state index >= 15 is 0 Å². The predicted octanol–water partition coefficient (Wildman–Crippen LogP) is 1.92. The van der Waals surface area contributed by atoms with Crippen LogP contribution in [0.15, 0.2) is 52.4 Å². The molecule has 0 radical (unpaired) electrons. The van der Waals surface area contributed by atoms with Gasteiger partial charge < -0.3 is 34.8 Å². The second-order valence-electron chi connectivity index (χ2n) is 7.33. The van der Waals surface area contributed by atoms with E-state index in [4.69, 9.17) is 4.74 Å². The highest BCUT2D eigenvalue weighted by molar-refractivity contribution is 7.99. The van der Waals surface area contributed by atoms with Gasteiger partial charge in [0.1, 0.15) is 36.0 Å². The monoisotopic (exact) mass is 435 g/mol. The van der Waals surface area contributed by atoms with Crippen molar-refractivity contribution >= 4 is 22.7 Å². The number of rotatable bonds is 4. The van der Waals surface area contributed by atoms with Crippen LogP contribution < -0.4 is 0 Å². The Hall–Kier alpha value is -2.14. The molecule has 1 fully saturated rings. The molecule has 1 aliphatic heterocycles. The third kappa shape index (κ3) is 3.68. The van der Waals surface area contributed by atoms with Gasteiger partial charge in [0.15, 0.2) is 6.23 Å². The molecule has 0 saturated carbocycles. The Balaban J connectivity index is 1.83. The van der Waals surface area contributed by atoms with Gasteiger partial charge in [-0.1, -0.05) is 11.8 Å². The van der Waals surface area contributed by atoms with Gasteiger partial charge in [-0.05, 0) is 48.9 Å². The van der Waals surface area contributed by atoms with Crippen molar-refractivity contribution in [2.24, 2.45) is 0 Å². The van der Waals surface area contributed by atoms with Crippen LogP contribution in [0, 0.1) is 12.7 Å². The Morgan fingerprint density at radius 1 is 1.07 bits per heavy atom. The van der Waals surface area contributed by atoms with Crippen LogP contribution in [0.5, 0.6) is 5.75 Å². The fraction of sp³-hybridized carbons (Fsp3) is 0.333. The van der Waals surface area contributed by atoms with Crippen LogP contribution in [0.1, 0.15) is 11.8 Å². The number of aliphatic hydroxyl groups is 4.